The number of anilines is 1. The van der Waals surface area contributed by atoms with Crippen LogP contribution in [0.15, 0.2) is 82.6 Å². The molecule has 0 aliphatic heterocycles. The summed E-state index contributed by atoms with van der Waals surface area (Å²) in [6.07, 6.45) is 0.806. The number of amides is 1. The summed E-state index contributed by atoms with van der Waals surface area (Å²) in [5.41, 5.74) is 1.35. The van der Waals surface area contributed by atoms with E-state index in [1.54, 1.807) is 6.07 Å². The third-order valence-electron chi connectivity index (χ3n) is 5.25. The Morgan fingerprint density at radius 3 is 2.26 bits per heavy atom. The van der Waals surface area contributed by atoms with Crippen molar-refractivity contribution in [1.82, 2.24) is 4.98 Å². The molecule has 0 bridgehead atoms. The largest absolute Gasteiger partial charge is 0.284 e. The van der Waals surface area contributed by atoms with Gasteiger partial charge in [0, 0.05) is 12.7 Å². The molecular weight excluding hydrogens is 511 g/mol. The summed E-state index contributed by atoms with van der Waals surface area (Å²) >= 11 is 1.15. The maximum atomic E-state index is 13.3. The number of aromatic nitrogens is 1. The first-order chi connectivity index (χ1) is 16.5. The van der Waals surface area contributed by atoms with Crippen LogP contribution in [0.25, 0.3) is 10.2 Å². The monoisotopic (exact) mass is 532 g/mol. The van der Waals surface area contributed by atoms with Crippen molar-refractivity contribution in [3.05, 3.63) is 84.2 Å². The molecule has 11 heteroatoms. The fraction of sp³-hybridized carbons (Fsp3) is 0.167. The summed E-state index contributed by atoms with van der Waals surface area (Å²) in [6.45, 7) is 0.162. The van der Waals surface area contributed by atoms with Gasteiger partial charge in [-0.1, -0.05) is 41.7 Å². The minimum Gasteiger partial charge on any atom is -0.284 e. The van der Waals surface area contributed by atoms with E-state index >= 15 is 0 Å². The third kappa shape index (κ3) is 5.92. The van der Waals surface area contributed by atoms with E-state index in [4.69, 9.17) is 0 Å². The van der Waals surface area contributed by atoms with Crippen molar-refractivity contribution in [3.8, 4) is 0 Å². The fourth-order valence-corrected chi connectivity index (χ4v) is 6.36. The molecule has 182 valence electrons. The Morgan fingerprint density at radius 2 is 1.60 bits per heavy atom. The maximum Gasteiger partial charge on any atom is 0.230 e. The van der Waals surface area contributed by atoms with E-state index in [2.05, 4.69) is 4.98 Å². The van der Waals surface area contributed by atoms with Gasteiger partial charge in [0.15, 0.2) is 24.8 Å². The van der Waals surface area contributed by atoms with Crippen LogP contribution in [0, 0.1) is 5.82 Å². The molecule has 0 aliphatic rings. The minimum absolute atomic E-state index is 0.0606. The van der Waals surface area contributed by atoms with Crippen molar-refractivity contribution in [2.24, 2.45) is 0 Å². The van der Waals surface area contributed by atoms with Crippen molar-refractivity contribution >= 4 is 52.3 Å². The summed E-state index contributed by atoms with van der Waals surface area (Å²) in [6, 6.07) is 18.2. The molecule has 35 heavy (non-hydrogen) atoms. The second-order valence-corrected chi connectivity index (χ2v) is 13.0. The zero-order valence-electron chi connectivity index (χ0n) is 18.6. The standard InChI is InChI=1S/C24H21FN2O5S3/c1-34(29,30)20-11-12-21-22(15-20)33-24(26-21)27(16-17-5-3-2-4-6-17)23(28)13-14-35(31,32)19-9-7-18(25)8-10-19/h2-12,15H,13-14,16H2,1H3. The Labute approximate surface area is 206 Å². The molecule has 1 heterocycles. The highest BCUT2D eigenvalue weighted by Crippen LogP contribution is 2.32. The Balaban J connectivity index is 1.64. The summed E-state index contributed by atoms with van der Waals surface area (Å²) < 4.78 is 63.0. The Kier molecular flexibility index (Phi) is 7.02. The SMILES string of the molecule is CS(=O)(=O)c1ccc2nc(N(Cc3ccccc3)C(=O)CCS(=O)(=O)c3ccc(F)cc3)sc2c1. The van der Waals surface area contributed by atoms with E-state index in [0.717, 1.165) is 35.3 Å². The average molecular weight is 533 g/mol. The number of halogens is 1. The number of benzene rings is 3. The Bertz CT molecular complexity index is 1580. The van der Waals surface area contributed by atoms with Gasteiger partial charge in [-0.05, 0) is 48.0 Å². The highest BCUT2D eigenvalue weighted by atomic mass is 32.2. The summed E-state index contributed by atoms with van der Waals surface area (Å²) in [5, 5.41) is 0.332. The van der Waals surface area contributed by atoms with Gasteiger partial charge in [-0.25, -0.2) is 26.2 Å². The lowest BCUT2D eigenvalue weighted by Gasteiger charge is -2.20. The molecule has 0 fully saturated rings. The first kappa shape index (κ1) is 25.0. The normalized spacial score (nSPS) is 12.1. The van der Waals surface area contributed by atoms with Gasteiger partial charge < -0.3 is 0 Å². The zero-order valence-corrected chi connectivity index (χ0v) is 21.0. The summed E-state index contributed by atoms with van der Waals surface area (Å²) in [5.74, 6) is -1.46. The number of thiazole rings is 1. The van der Waals surface area contributed by atoms with E-state index in [9.17, 15) is 26.0 Å². The number of hydrogen-bond acceptors (Lipinski definition) is 7. The van der Waals surface area contributed by atoms with Crippen LogP contribution >= 0.6 is 11.3 Å². The van der Waals surface area contributed by atoms with Gasteiger partial charge in [0.05, 0.1) is 32.3 Å². The first-order valence-electron chi connectivity index (χ1n) is 10.5. The Morgan fingerprint density at radius 1 is 0.943 bits per heavy atom. The summed E-state index contributed by atoms with van der Waals surface area (Å²) in [7, 11) is -7.22. The molecule has 1 aromatic heterocycles. The number of carbonyl (C=O) groups excluding carboxylic acids is 1. The summed E-state index contributed by atoms with van der Waals surface area (Å²) in [4.78, 5) is 19.2. The number of fused-ring (bicyclic) bond motifs is 1. The lowest BCUT2D eigenvalue weighted by atomic mass is 10.2. The number of carbonyl (C=O) groups is 1. The Hall–Kier alpha value is -3.15. The molecule has 7 nitrogen and oxygen atoms in total. The molecule has 3 aromatic carbocycles. The second kappa shape index (κ2) is 9.84. The van der Waals surface area contributed by atoms with Crippen LogP contribution in [-0.4, -0.2) is 39.7 Å². The molecular formula is C24H21FN2O5S3. The average Bonchev–Trinajstić information content (AvgIpc) is 3.24. The van der Waals surface area contributed by atoms with Gasteiger partial charge in [0.1, 0.15) is 5.82 Å². The molecule has 0 N–H and O–H groups in total. The topological polar surface area (TPSA) is 101 Å². The van der Waals surface area contributed by atoms with Crippen molar-refractivity contribution in [2.45, 2.75) is 22.8 Å². The van der Waals surface area contributed by atoms with E-state index in [1.165, 1.54) is 29.2 Å². The smallest absolute Gasteiger partial charge is 0.230 e. The maximum absolute atomic E-state index is 13.3. The lowest BCUT2D eigenvalue weighted by Crippen LogP contribution is -2.31. The minimum atomic E-state index is -3.81. The molecule has 0 radical (unpaired) electrons. The van der Waals surface area contributed by atoms with Crippen LogP contribution in [0.2, 0.25) is 0 Å². The molecule has 0 saturated carbocycles. The fourth-order valence-electron chi connectivity index (χ4n) is 3.38. The number of rotatable bonds is 8. The van der Waals surface area contributed by atoms with Gasteiger partial charge in [-0.3, -0.25) is 9.69 Å². The van der Waals surface area contributed by atoms with Crippen molar-refractivity contribution < 1.29 is 26.0 Å². The van der Waals surface area contributed by atoms with E-state index in [-0.39, 0.29) is 22.8 Å². The van der Waals surface area contributed by atoms with Crippen LogP contribution in [-0.2, 0) is 31.0 Å². The van der Waals surface area contributed by atoms with Crippen molar-refractivity contribution in [1.29, 1.82) is 0 Å². The van der Waals surface area contributed by atoms with Crippen LogP contribution in [0.3, 0.4) is 0 Å². The van der Waals surface area contributed by atoms with Gasteiger partial charge in [0.25, 0.3) is 0 Å². The molecule has 0 unspecified atom stereocenters. The predicted molar refractivity (Wildman–Crippen MR) is 133 cm³/mol. The van der Waals surface area contributed by atoms with Crippen LogP contribution in [0.1, 0.15) is 12.0 Å². The van der Waals surface area contributed by atoms with Crippen LogP contribution < -0.4 is 4.90 Å². The van der Waals surface area contributed by atoms with Gasteiger partial charge in [0.2, 0.25) is 5.91 Å². The quantitative estimate of drug-likeness (QED) is 0.315. The molecule has 0 atom stereocenters. The van der Waals surface area contributed by atoms with E-state index in [0.29, 0.717) is 15.3 Å². The molecule has 0 aliphatic carbocycles. The lowest BCUT2D eigenvalue weighted by molar-refractivity contribution is -0.118. The molecule has 4 rings (SSSR count). The zero-order chi connectivity index (χ0) is 25.2. The highest BCUT2D eigenvalue weighted by Gasteiger charge is 2.24. The molecule has 0 spiro atoms. The third-order valence-corrected chi connectivity index (χ3v) is 9.13. The highest BCUT2D eigenvalue weighted by molar-refractivity contribution is 7.91. The van der Waals surface area contributed by atoms with Crippen LogP contribution in [0.4, 0.5) is 9.52 Å². The number of nitrogens with zero attached hydrogens (tertiary/aromatic N) is 2. The van der Waals surface area contributed by atoms with E-state index < -0.39 is 37.2 Å². The molecule has 4 aromatic rings. The van der Waals surface area contributed by atoms with Crippen LogP contribution in [0.5, 0.6) is 0 Å². The predicted octanol–water partition coefficient (Wildman–Crippen LogP) is 4.24. The van der Waals surface area contributed by atoms with Gasteiger partial charge in [-0.15, -0.1) is 0 Å². The van der Waals surface area contributed by atoms with E-state index in [1.807, 2.05) is 30.3 Å². The number of sulfone groups is 2. The van der Waals surface area contributed by atoms with Gasteiger partial charge in [-0.2, -0.15) is 0 Å². The van der Waals surface area contributed by atoms with Crippen molar-refractivity contribution in [2.75, 3.05) is 16.9 Å². The molecule has 1 amide bonds. The second-order valence-electron chi connectivity index (χ2n) is 7.89. The number of hydrogen-bond donors (Lipinski definition) is 0. The van der Waals surface area contributed by atoms with Gasteiger partial charge >= 0.3 is 0 Å². The van der Waals surface area contributed by atoms with Crippen molar-refractivity contribution in [3.63, 3.8) is 0 Å². The molecule has 0 saturated heterocycles. The first-order valence-corrected chi connectivity index (χ1v) is 14.8.